The maximum absolute atomic E-state index is 15.2. The first-order valence-corrected chi connectivity index (χ1v) is 13.2. The molecule has 0 atom stereocenters. The van der Waals surface area contributed by atoms with Gasteiger partial charge < -0.3 is 0 Å². The van der Waals surface area contributed by atoms with Crippen LogP contribution < -0.4 is 5.46 Å². The zero-order valence-corrected chi connectivity index (χ0v) is 21.5. The van der Waals surface area contributed by atoms with Gasteiger partial charge >= 0.3 is 7.27 Å². The molecule has 0 unspecified atom stereocenters. The molecule has 0 radical (unpaired) electrons. The highest BCUT2D eigenvalue weighted by molar-refractivity contribution is 6.61. The third kappa shape index (κ3) is 3.11. The minimum atomic E-state index is -2.40. The molecule has 0 heterocycles. The number of rotatable bonds is 9. The van der Waals surface area contributed by atoms with Crippen LogP contribution in [-0.2, 0) is 21.7 Å². The summed E-state index contributed by atoms with van der Waals surface area (Å²) in [5, 5.41) is 0. The molecule has 0 N–H and O–H groups in total. The summed E-state index contributed by atoms with van der Waals surface area (Å²) < 4.78 is 30.5. The normalized spacial score (nSPS) is 21.7. The van der Waals surface area contributed by atoms with Crippen molar-refractivity contribution in [3.05, 3.63) is 28.3 Å². The van der Waals surface area contributed by atoms with E-state index >= 15 is 8.63 Å². The lowest BCUT2D eigenvalue weighted by Gasteiger charge is -2.35. The Labute approximate surface area is 191 Å². The molecule has 31 heavy (non-hydrogen) atoms. The summed E-state index contributed by atoms with van der Waals surface area (Å²) in [6.07, 6.45) is 10.0. The van der Waals surface area contributed by atoms with Crippen LogP contribution in [0.4, 0.5) is 8.63 Å². The smallest absolute Gasteiger partial charge is 0.281 e. The zero-order valence-electron chi connectivity index (χ0n) is 21.5. The monoisotopic (exact) mass is 430 g/mol. The van der Waals surface area contributed by atoms with Crippen molar-refractivity contribution in [3.63, 3.8) is 0 Å². The average molecular weight is 430 g/mol. The van der Waals surface area contributed by atoms with E-state index in [9.17, 15) is 0 Å². The van der Waals surface area contributed by atoms with Gasteiger partial charge in [-0.1, -0.05) is 61.5 Å². The Morgan fingerprint density at radius 3 is 1.10 bits per heavy atom. The fourth-order valence-electron chi connectivity index (χ4n) is 8.03. The van der Waals surface area contributed by atoms with Crippen molar-refractivity contribution in [2.45, 2.75) is 141 Å². The predicted octanol–water partition coefficient (Wildman–Crippen LogP) is 8.36. The van der Waals surface area contributed by atoms with Crippen LogP contribution in [0.25, 0.3) is 0 Å². The first-order valence-electron chi connectivity index (χ1n) is 13.2. The Morgan fingerprint density at radius 1 is 0.581 bits per heavy atom. The summed E-state index contributed by atoms with van der Waals surface area (Å²) in [5.41, 5.74) is 5.06. The van der Waals surface area contributed by atoms with Crippen molar-refractivity contribution in [3.8, 4) is 0 Å². The van der Waals surface area contributed by atoms with Crippen LogP contribution in [0, 0.1) is 0 Å². The van der Waals surface area contributed by atoms with Crippen molar-refractivity contribution < 1.29 is 8.63 Å². The highest BCUT2D eigenvalue weighted by Crippen LogP contribution is 2.61. The summed E-state index contributed by atoms with van der Waals surface area (Å²) in [7, 11) is -2.40. The number of benzene rings is 1. The minimum absolute atomic E-state index is 0.0386. The first kappa shape index (κ1) is 24.8. The van der Waals surface area contributed by atoms with Crippen molar-refractivity contribution >= 4 is 12.7 Å². The van der Waals surface area contributed by atoms with E-state index < -0.39 is 7.27 Å². The van der Waals surface area contributed by atoms with Gasteiger partial charge in [-0.2, -0.15) is 0 Å². The van der Waals surface area contributed by atoms with Crippen LogP contribution in [0.15, 0.2) is 6.07 Å². The summed E-state index contributed by atoms with van der Waals surface area (Å²) in [6, 6.07) is 2.48. The van der Waals surface area contributed by atoms with E-state index in [0.717, 1.165) is 75.3 Å². The Balaban J connectivity index is 2.56. The lowest BCUT2D eigenvalue weighted by molar-refractivity contribution is 0.278. The fourth-order valence-corrected chi connectivity index (χ4v) is 8.03. The number of fused-ring (bicyclic) bond motifs is 2. The Morgan fingerprint density at radius 2 is 0.871 bits per heavy atom. The van der Waals surface area contributed by atoms with Gasteiger partial charge in [-0.05, 0) is 114 Å². The SMILES string of the molecule is CCC1(CC)CC(CC)(CC)c2c1cc1c(c2B(F)F)C(CC)(CC)CC1(CC)CC. The van der Waals surface area contributed by atoms with Gasteiger partial charge in [0.05, 0.1) is 0 Å². The lowest BCUT2D eigenvalue weighted by atomic mass is 9.62. The van der Waals surface area contributed by atoms with Gasteiger partial charge in [0.25, 0.3) is 0 Å². The van der Waals surface area contributed by atoms with Crippen molar-refractivity contribution in [2.24, 2.45) is 0 Å². The van der Waals surface area contributed by atoms with Crippen LogP contribution in [0.5, 0.6) is 0 Å². The van der Waals surface area contributed by atoms with Crippen LogP contribution in [0.1, 0.15) is 142 Å². The molecule has 3 heteroatoms. The molecule has 0 saturated heterocycles. The lowest BCUT2D eigenvalue weighted by Crippen LogP contribution is -2.41. The molecule has 0 amide bonds. The third-order valence-electron chi connectivity index (χ3n) is 10.6. The second-order valence-corrected chi connectivity index (χ2v) is 10.7. The van der Waals surface area contributed by atoms with Gasteiger partial charge in [0.1, 0.15) is 0 Å². The summed E-state index contributed by atoms with van der Waals surface area (Å²) >= 11 is 0. The van der Waals surface area contributed by atoms with Gasteiger partial charge in [-0.3, -0.25) is 8.63 Å². The van der Waals surface area contributed by atoms with Crippen molar-refractivity contribution in [2.75, 3.05) is 0 Å². The topological polar surface area (TPSA) is 0 Å². The zero-order chi connectivity index (χ0) is 23.2. The van der Waals surface area contributed by atoms with Gasteiger partial charge in [0.2, 0.25) is 0 Å². The molecule has 0 saturated carbocycles. The van der Waals surface area contributed by atoms with E-state index in [1.165, 1.54) is 11.1 Å². The first-order chi connectivity index (χ1) is 14.7. The Bertz CT molecular complexity index is 733. The maximum atomic E-state index is 15.2. The van der Waals surface area contributed by atoms with E-state index in [4.69, 9.17) is 0 Å². The molecule has 2 aliphatic carbocycles. The predicted molar refractivity (Wildman–Crippen MR) is 132 cm³/mol. The molecule has 0 spiro atoms. The Kier molecular flexibility index (Phi) is 6.79. The third-order valence-corrected chi connectivity index (χ3v) is 10.6. The molecule has 174 valence electrons. The number of hydrogen-bond donors (Lipinski definition) is 0. The fraction of sp³-hybridized carbons (Fsp3) is 0.786. The van der Waals surface area contributed by atoms with E-state index in [2.05, 4.69) is 61.5 Å². The van der Waals surface area contributed by atoms with E-state index in [-0.39, 0.29) is 21.7 Å². The molecule has 0 aliphatic heterocycles. The molecule has 0 aromatic heterocycles. The quantitative estimate of drug-likeness (QED) is 0.345. The van der Waals surface area contributed by atoms with E-state index in [1.807, 2.05) is 0 Å². The second-order valence-electron chi connectivity index (χ2n) is 10.7. The van der Waals surface area contributed by atoms with Gasteiger partial charge in [-0.25, -0.2) is 0 Å². The molecular weight excluding hydrogens is 385 g/mol. The molecule has 0 fully saturated rings. The van der Waals surface area contributed by atoms with Crippen LogP contribution in [0.3, 0.4) is 0 Å². The van der Waals surface area contributed by atoms with Crippen LogP contribution >= 0.6 is 0 Å². The van der Waals surface area contributed by atoms with Gasteiger partial charge in [-0.15, -0.1) is 0 Å². The summed E-state index contributed by atoms with van der Waals surface area (Å²) in [6.45, 7) is 18.0. The summed E-state index contributed by atoms with van der Waals surface area (Å²) in [4.78, 5) is 0. The standard InChI is InChI=1S/C28H45BF2/c1-9-25(10-2)18-27(13-5,14-6)22-20(25)17-21-23(24(22)29(30)31)28(15-7,16-8)19-26(21,11-3)12-4/h17H,9-16,18-19H2,1-8H3. The highest BCUT2D eigenvalue weighted by atomic mass is 19.2. The van der Waals surface area contributed by atoms with Crippen molar-refractivity contribution in [1.29, 1.82) is 0 Å². The summed E-state index contributed by atoms with van der Waals surface area (Å²) in [5.74, 6) is 0. The van der Waals surface area contributed by atoms with Crippen molar-refractivity contribution in [1.82, 2.24) is 0 Å². The molecule has 1 aromatic rings. The number of hydrogen-bond acceptors (Lipinski definition) is 0. The Hall–Kier alpha value is -0.855. The molecule has 0 nitrogen and oxygen atoms in total. The van der Waals surface area contributed by atoms with Crippen LogP contribution in [-0.4, -0.2) is 7.27 Å². The van der Waals surface area contributed by atoms with E-state index in [1.54, 1.807) is 0 Å². The minimum Gasteiger partial charge on any atom is -0.281 e. The molecule has 1 aromatic carbocycles. The largest absolute Gasteiger partial charge is 0.572 e. The highest BCUT2D eigenvalue weighted by Gasteiger charge is 2.57. The second kappa shape index (κ2) is 8.49. The van der Waals surface area contributed by atoms with E-state index in [0.29, 0.717) is 5.46 Å². The van der Waals surface area contributed by atoms with Gasteiger partial charge in [0.15, 0.2) is 0 Å². The van der Waals surface area contributed by atoms with Crippen LogP contribution in [0.2, 0.25) is 0 Å². The van der Waals surface area contributed by atoms with Gasteiger partial charge in [0, 0.05) is 0 Å². The molecular formula is C28H45BF2. The molecule has 2 aliphatic rings. The molecule has 3 rings (SSSR count). The number of halogens is 2. The average Bonchev–Trinajstić information content (AvgIpc) is 3.26. The molecule has 0 bridgehead atoms. The maximum Gasteiger partial charge on any atom is 0.572 e.